The highest BCUT2D eigenvalue weighted by Crippen LogP contribution is 2.29. The van der Waals surface area contributed by atoms with Gasteiger partial charge in [-0.15, -0.1) is 0 Å². The largest absolute Gasteiger partial charge is 0.331 e. The van der Waals surface area contributed by atoms with E-state index in [4.69, 9.17) is 11.6 Å². The monoisotopic (exact) mass is 201 g/mol. The average molecular weight is 202 g/mol. The van der Waals surface area contributed by atoms with E-state index in [2.05, 4.69) is 28.6 Å². The van der Waals surface area contributed by atoms with Gasteiger partial charge in [0.1, 0.15) is 0 Å². The molecule has 4 heteroatoms. The lowest BCUT2D eigenvalue weighted by atomic mass is 10.3. The van der Waals surface area contributed by atoms with Crippen LogP contribution in [0.3, 0.4) is 0 Å². The summed E-state index contributed by atoms with van der Waals surface area (Å²) in [5, 5.41) is 0.708. The Labute approximate surface area is 84.4 Å². The van der Waals surface area contributed by atoms with Crippen molar-refractivity contribution in [3.8, 4) is 0 Å². The van der Waals surface area contributed by atoms with Gasteiger partial charge < -0.3 is 4.90 Å². The standard InChI is InChI=1S/C9H16ClN3/c1-7(2)12-5-11-9(10)13(6-12)8-3-4-8/h7-8H,3-6H2,1-2H3. The van der Waals surface area contributed by atoms with Gasteiger partial charge in [-0.2, -0.15) is 0 Å². The molecule has 1 heterocycles. The van der Waals surface area contributed by atoms with E-state index in [1.807, 2.05) is 0 Å². The Kier molecular flexibility index (Phi) is 2.47. The number of rotatable bonds is 2. The zero-order valence-corrected chi connectivity index (χ0v) is 8.96. The van der Waals surface area contributed by atoms with Crippen LogP contribution in [0.5, 0.6) is 0 Å². The summed E-state index contributed by atoms with van der Waals surface area (Å²) < 4.78 is 0. The molecular weight excluding hydrogens is 186 g/mol. The maximum atomic E-state index is 6.04. The highest BCUT2D eigenvalue weighted by molar-refractivity contribution is 6.64. The van der Waals surface area contributed by atoms with Crippen LogP contribution in [-0.2, 0) is 0 Å². The number of halogens is 1. The van der Waals surface area contributed by atoms with Crippen molar-refractivity contribution in [1.82, 2.24) is 9.80 Å². The predicted octanol–water partition coefficient (Wildman–Crippen LogP) is 1.68. The second-order valence-corrected chi connectivity index (χ2v) is 4.43. The van der Waals surface area contributed by atoms with E-state index in [-0.39, 0.29) is 0 Å². The van der Waals surface area contributed by atoms with Crippen molar-refractivity contribution in [2.24, 2.45) is 4.99 Å². The molecule has 1 fully saturated rings. The Bertz CT molecular complexity index is 223. The summed E-state index contributed by atoms with van der Waals surface area (Å²) in [4.78, 5) is 8.85. The van der Waals surface area contributed by atoms with Crippen LogP contribution in [0, 0.1) is 0 Å². The van der Waals surface area contributed by atoms with E-state index >= 15 is 0 Å². The fourth-order valence-corrected chi connectivity index (χ4v) is 1.76. The first-order valence-electron chi connectivity index (χ1n) is 4.89. The van der Waals surface area contributed by atoms with Gasteiger partial charge in [-0.05, 0) is 38.3 Å². The number of hydrogen-bond acceptors (Lipinski definition) is 3. The third-order valence-electron chi connectivity index (χ3n) is 2.67. The molecule has 74 valence electrons. The van der Waals surface area contributed by atoms with Gasteiger partial charge in [0, 0.05) is 12.1 Å². The number of hydrogen-bond donors (Lipinski definition) is 0. The van der Waals surface area contributed by atoms with Gasteiger partial charge in [0.25, 0.3) is 0 Å². The fraction of sp³-hybridized carbons (Fsp3) is 0.889. The van der Waals surface area contributed by atoms with Crippen LogP contribution in [0.15, 0.2) is 4.99 Å². The summed E-state index contributed by atoms with van der Waals surface area (Å²) >= 11 is 6.04. The first-order valence-corrected chi connectivity index (χ1v) is 5.27. The highest BCUT2D eigenvalue weighted by Gasteiger charge is 2.34. The minimum Gasteiger partial charge on any atom is -0.331 e. The van der Waals surface area contributed by atoms with Gasteiger partial charge in [-0.3, -0.25) is 4.90 Å². The lowest BCUT2D eigenvalue weighted by Crippen LogP contribution is -2.48. The van der Waals surface area contributed by atoms with E-state index < -0.39 is 0 Å². The third kappa shape index (κ3) is 1.97. The molecule has 1 aliphatic heterocycles. The maximum Gasteiger partial charge on any atom is 0.196 e. The molecule has 0 saturated heterocycles. The van der Waals surface area contributed by atoms with Crippen LogP contribution >= 0.6 is 11.6 Å². The van der Waals surface area contributed by atoms with E-state index in [1.54, 1.807) is 0 Å². The smallest absolute Gasteiger partial charge is 0.196 e. The van der Waals surface area contributed by atoms with Crippen LogP contribution in [0.2, 0.25) is 0 Å². The molecule has 1 saturated carbocycles. The second-order valence-electron chi connectivity index (χ2n) is 4.09. The summed E-state index contributed by atoms with van der Waals surface area (Å²) in [7, 11) is 0. The first kappa shape index (κ1) is 9.28. The van der Waals surface area contributed by atoms with Crippen LogP contribution in [0.1, 0.15) is 26.7 Å². The third-order valence-corrected chi connectivity index (χ3v) is 3.01. The molecule has 0 amide bonds. The minimum atomic E-state index is 0.551. The summed E-state index contributed by atoms with van der Waals surface area (Å²) in [5.41, 5.74) is 0. The van der Waals surface area contributed by atoms with Crippen molar-refractivity contribution in [2.75, 3.05) is 13.3 Å². The van der Waals surface area contributed by atoms with Crippen molar-refractivity contribution >= 4 is 16.9 Å². The maximum absolute atomic E-state index is 6.04. The molecule has 0 radical (unpaired) electrons. The van der Waals surface area contributed by atoms with Crippen molar-refractivity contribution in [3.05, 3.63) is 0 Å². The second kappa shape index (κ2) is 3.46. The van der Waals surface area contributed by atoms with Gasteiger partial charge in [0.05, 0.1) is 13.3 Å². The van der Waals surface area contributed by atoms with E-state index in [0.29, 0.717) is 17.4 Å². The Morgan fingerprint density at radius 2 is 2.15 bits per heavy atom. The fourth-order valence-electron chi connectivity index (χ4n) is 1.52. The molecule has 2 rings (SSSR count). The normalized spacial score (nSPS) is 25.2. The number of aliphatic imine (C=N–C) groups is 1. The van der Waals surface area contributed by atoms with Crippen molar-refractivity contribution in [2.45, 2.75) is 38.8 Å². The molecule has 0 aromatic carbocycles. The first-order chi connectivity index (χ1) is 6.18. The molecular formula is C9H16ClN3. The van der Waals surface area contributed by atoms with E-state index in [0.717, 1.165) is 13.3 Å². The van der Waals surface area contributed by atoms with Gasteiger partial charge >= 0.3 is 0 Å². The summed E-state index contributed by atoms with van der Waals surface area (Å²) in [5.74, 6) is 0. The average Bonchev–Trinajstić information content (AvgIpc) is 2.87. The Morgan fingerprint density at radius 1 is 1.46 bits per heavy atom. The molecule has 0 spiro atoms. The SMILES string of the molecule is CC(C)N1CN=C(Cl)N(C2CC2)C1. The van der Waals surface area contributed by atoms with Gasteiger partial charge in [0.2, 0.25) is 0 Å². The Hall–Kier alpha value is -0.280. The zero-order valence-electron chi connectivity index (χ0n) is 8.20. The molecule has 2 aliphatic rings. The van der Waals surface area contributed by atoms with Gasteiger partial charge in [0.15, 0.2) is 5.29 Å². The molecule has 13 heavy (non-hydrogen) atoms. The van der Waals surface area contributed by atoms with Crippen LogP contribution in [-0.4, -0.2) is 40.5 Å². The predicted molar refractivity (Wildman–Crippen MR) is 54.9 cm³/mol. The minimum absolute atomic E-state index is 0.551. The lowest BCUT2D eigenvalue weighted by molar-refractivity contribution is 0.137. The van der Waals surface area contributed by atoms with Crippen LogP contribution < -0.4 is 0 Å². The molecule has 0 aromatic heterocycles. The molecule has 0 aromatic rings. The molecule has 0 N–H and O–H groups in total. The van der Waals surface area contributed by atoms with Crippen LogP contribution in [0.4, 0.5) is 0 Å². The van der Waals surface area contributed by atoms with Crippen molar-refractivity contribution < 1.29 is 0 Å². The number of amidine groups is 1. The Morgan fingerprint density at radius 3 is 2.69 bits per heavy atom. The summed E-state index contributed by atoms with van der Waals surface area (Å²) in [6, 6.07) is 1.22. The van der Waals surface area contributed by atoms with E-state index in [1.165, 1.54) is 12.8 Å². The van der Waals surface area contributed by atoms with E-state index in [9.17, 15) is 0 Å². The molecule has 0 unspecified atom stereocenters. The quantitative estimate of drug-likeness (QED) is 0.634. The van der Waals surface area contributed by atoms with Crippen molar-refractivity contribution in [1.29, 1.82) is 0 Å². The van der Waals surface area contributed by atoms with Crippen molar-refractivity contribution in [3.63, 3.8) is 0 Å². The molecule has 1 aliphatic carbocycles. The van der Waals surface area contributed by atoms with Crippen LogP contribution in [0.25, 0.3) is 0 Å². The Balaban J connectivity index is 2.02. The molecule has 3 nitrogen and oxygen atoms in total. The van der Waals surface area contributed by atoms with Gasteiger partial charge in [-0.1, -0.05) is 0 Å². The lowest BCUT2D eigenvalue weighted by Gasteiger charge is -2.36. The topological polar surface area (TPSA) is 18.8 Å². The molecule has 0 bridgehead atoms. The summed E-state index contributed by atoms with van der Waals surface area (Å²) in [6.45, 7) is 6.09. The number of nitrogens with zero attached hydrogens (tertiary/aromatic N) is 3. The zero-order chi connectivity index (χ0) is 9.42. The molecule has 0 atom stereocenters. The highest BCUT2D eigenvalue weighted by atomic mass is 35.5. The summed E-state index contributed by atoms with van der Waals surface area (Å²) in [6.07, 6.45) is 2.55. The van der Waals surface area contributed by atoms with Gasteiger partial charge in [-0.25, -0.2) is 4.99 Å².